The van der Waals surface area contributed by atoms with Gasteiger partial charge in [-0.3, -0.25) is 4.79 Å². The molecule has 2 aromatic carbocycles. The van der Waals surface area contributed by atoms with E-state index in [9.17, 15) is 4.79 Å². The first-order chi connectivity index (χ1) is 12.7. The smallest absolute Gasteiger partial charge is 0.269 e. The number of aromatic nitrogens is 1. The number of benzene rings is 2. The first kappa shape index (κ1) is 17.7. The van der Waals surface area contributed by atoms with E-state index in [1.807, 2.05) is 36.4 Å². The monoisotopic (exact) mass is 345 g/mol. The molecular weight excluding hydrogens is 322 g/mol. The lowest BCUT2D eigenvalue weighted by Gasteiger charge is -2.09. The second-order valence-corrected chi connectivity index (χ2v) is 6.20. The van der Waals surface area contributed by atoms with Gasteiger partial charge in [-0.25, -0.2) is 4.98 Å². The summed E-state index contributed by atoms with van der Waals surface area (Å²) in [5.74, 6) is -0.147. The van der Waals surface area contributed by atoms with E-state index in [0.29, 0.717) is 12.2 Å². The van der Waals surface area contributed by atoms with Crippen LogP contribution in [0.4, 0.5) is 5.69 Å². The molecule has 0 spiro atoms. The number of carbonyl (C=O) groups excluding carboxylic acids is 1. The zero-order valence-electron chi connectivity index (χ0n) is 14.9. The average molecular weight is 345 g/mol. The molecule has 3 aromatic rings. The predicted molar refractivity (Wildman–Crippen MR) is 105 cm³/mol. The summed E-state index contributed by atoms with van der Waals surface area (Å²) < 4.78 is 0. The number of amides is 1. The van der Waals surface area contributed by atoms with E-state index in [2.05, 4.69) is 46.8 Å². The van der Waals surface area contributed by atoms with Gasteiger partial charge >= 0.3 is 0 Å². The van der Waals surface area contributed by atoms with E-state index in [4.69, 9.17) is 0 Å². The standard InChI is InChI=1S/C22H23N3O/c1-17-7-5-6-10-19(17)15-24-20-11-12-21(25-16-20)22(26)23-14-13-18-8-3-2-4-9-18/h2-12,16,24H,13-15H2,1H3,(H,23,26). The van der Waals surface area contributed by atoms with Crippen LogP contribution in [0.5, 0.6) is 0 Å². The summed E-state index contributed by atoms with van der Waals surface area (Å²) in [5, 5.41) is 6.25. The van der Waals surface area contributed by atoms with Crippen molar-refractivity contribution in [1.29, 1.82) is 0 Å². The highest BCUT2D eigenvalue weighted by molar-refractivity contribution is 5.92. The van der Waals surface area contributed by atoms with Gasteiger partial charge in [0.15, 0.2) is 0 Å². The van der Waals surface area contributed by atoms with E-state index < -0.39 is 0 Å². The van der Waals surface area contributed by atoms with Gasteiger partial charge < -0.3 is 10.6 Å². The van der Waals surface area contributed by atoms with Gasteiger partial charge in [0, 0.05) is 13.1 Å². The minimum Gasteiger partial charge on any atom is -0.380 e. The van der Waals surface area contributed by atoms with Crippen LogP contribution in [0.1, 0.15) is 27.2 Å². The van der Waals surface area contributed by atoms with E-state index in [-0.39, 0.29) is 5.91 Å². The Kier molecular flexibility index (Phi) is 5.99. The molecule has 0 aliphatic carbocycles. The van der Waals surface area contributed by atoms with Crippen molar-refractivity contribution in [1.82, 2.24) is 10.3 Å². The molecule has 0 aliphatic heterocycles. The van der Waals surface area contributed by atoms with Crippen LogP contribution in [0.2, 0.25) is 0 Å². The quantitative estimate of drug-likeness (QED) is 0.681. The van der Waals surface area contributed by atoms with Crippen molar-refractivity contribution < 1.29 is 4.79 Å². The molecule has 1 amide bonds. The second kappa shape index (κ2) is 8.81. The van der Waals surface area contributed by atoms with Crippen LogP contribution in [0.3, 0.4) is 0 Å². The number of anilines is 1. The maximum absolute atomic E-state index is 12.2. The fourth-order valence-corrected chi connectivity index (χ4v) is 2.69. The average Bonchev–Trinajstić information content (AvgIpc) is 2.68. The minimum atomic E-state index is -0.147. The van der Waals surface area contributed by atoms with Crippen molar-refractivity contribution in [2.45, 2.75) is 19.9 Å². The van der Waals surface area contributed by atoms with E-state index >= 15 is 0 Å². The molecule has 1 aromatic heterocycles. The highest BCUT2D eigenvalue weighted by Gasteiger charge is 2.06. The molecule has 3 rings (SSSR count). The zero-order valence-corrected chi connectivity index (χ0v) is 14.9. The first-order valence-corrected chi connectivity index (χ1v) is 8.79. The molecular formula is C22H23N3O. The number of aryl methyl sites for hydroxylation is 1. The van der Waals surface area contributed by atoms with Gasteiger partial charge in [0.05, 0.1) is 11.9 Å². The lowest BCUT2D eigenvalue weighted by molar-refractivity contribution is 0.0949. The van der Waals surface area contributed by atoms with Crippen LogP contribution in [0.15, 0.2) is 72.9 Å². The van der Waals surface area contributed by atoms with Crippen molar-refractivity contribution in [2.75, 3.05) is 11.9 Å². The van der Waals surface area contributed by atoms with Gasteiger partial charge in [-0.1, -0.05) is 54.6 Å². The van der Waals surface area contributed by atoms with Crippen molar-refractivity contribution in [2.24, 2.45) is 0 Å². The summed E-state index contributed by atoms with van der Waals surface area (Å²) >= 11 is 0. The molecule has 4 nitrogen and oxygen atoms in total. The number of pyridine rings is 1. The summed E-state index contributed by atoms with van der Waals surface area (Å²) in [6.07, 6.45) is 2.51. The fourth-order valence-electron chi connectivity index (χ4n) is 2.69. The highest BCUT2D eigenvalue weighted by Crippen LogP contribution is 2.12. The van der Waals surface area contributed by atoms with Crippen molar-refractivity contribution in [3.63, 3.8) is 0 Å². The van der Waals surface area contributed by atoms with E-state index in [1.54, 1.807) is 12.3 Å². The Morgan fingerprint density at radius 1 is 0.962 bits per heavy atom. The molecule has 0 saturated carbocycles. The molecule has 0 radical (unpaired) electrons. The highest BCUT2D eigenvalue weighted by atomic mass is 16.1. The third-order valence-electron chi connectivity index (χ3n) is 4.28. The van der Waals surface area contributed by atoms with Gasteiger partial charge in [-0.2, -0.15) is 0 Å². The van der Waals surface area contributed by atoms with Crippen LogP contribution >= 0.6 is 0 Å². The summed E-state index contributed by atoms with van der Waals surface area (Å²) in [7, 11) is 0. The number of nitrogens with zero attached hydrogens (tertiary/aromatic N) is 1. The van der Waals surface area contributed by atoms with E-state index in [0.717, 1.165) is 18.7 Å². The van der Waals surface area contributed by atoms with E-state index in [1.165, 1.54) is 16.7 Å². The van der Waals surface area contributed by atoms with Crippen molar-refractivity contribution in [3.8, 4) is 0 Å². The normalized spacial score (nSPS) is 10.3. The summed E-state index contributed by atoms with van der Waals surface area (Å²) in [4.78, 5) is 16.4. The Morgan fingerprint density at radius 3 is 2.46 bits per heavy atom. The third kappa shape index (κ3) is 4.93. The van der Waals surface area contributed by atoms with Crippen LogP contribution in [0, 0.1) is 6.92 Å². The minimum absolute atomic E-state index is 0.147. The van der Waals surface area contributed by atoms with Crippen LogP contribution < -0.4 is 10.6 Å². The van der Waals surface area contributed by atoms with Gasteiger partial charge in [-0.15, -0.1) is 0 Å². The summed E-state index contributed by atoms with van der Waals surface area (Å²) in [6.45, 7) is 3.42. The molecule has 2 N–H and O–H groups in total. The topological polar surface area (TPSA) is 54.0 Å². The SMILES string of the molecule is Cc1ccccc1CNc1ccc(C(=O)NCCc2ccccc2)nc1. The molecule has 0 fully saturated rings. The Balaban J connectivity index is 1.49. The number of nitrogens with one attached hydrogen (secondary N) is 2. The Bertz CT molecular complexity index is 845. The molecule has 0 saturated heterocycles. The molecule has 132 valence electrons. The first-order valence-electron chi connectivity index (χ1n) is 8.79. The number of rotatable bonds is 7. The molecule has 0 bridgehead atoms. The van der Waals surface area contributed by atoms with Gasteiger partial charge in [0.1, 0.15) is 5.69 Å². The van der Waals surface area contributed by atoms with Crippen LogP contribution in [0.25, 0.3) is 0 Å². The molecule has 0 atom stereocenters. The predicted octanol–water partition coefficient (Wildman–Crippen LogP) is 3.97. The zero-order chi connectivity index (χ0) is 18.2. The lowest BCUT2D eigenvalue weighted by Crippen LogP contribution is -2.26. The van der Waals surface area contributed by atoms with Gasteiger partial charge in [0.2, 0.25) is 0 Å². The lowest BCUT2D eigenvalue weighted by atomic mass is 10.1. The Labute approximate surface area is 154 Å². The van der Waals surface area contributed by atoms with Crippen molar-refractivity contribution in [3.05, 3.63) is 95.3 Å². The molecule has 4 heteroatoms. The second-order valence-electron chi connectivity index (χ2n) is 6.20. The maximum atomic E-state index is 12.2. The molecule has 0 unspecified atom stereocenters. The Hall–Kier alpha value is -3.14. The van der Waals surface area contributed by atoms with Crippen LogP contribution in [-0.4, -0.2) is 17.4 Å². The Morgan fingerprint density at radius 2 is 1.73 bits per heavy atom. The number of hydrogen-bond donors (Lipinski definition) is 2. The van der Waals surface area contributed by atoms with Crippen molar-refractivity contribution >= 4 is 11.6 Å². The molecule has 0 aliphatic rings. The molecule has 1 heterocycles. The summed E-state index contributed by atoms with van der Waals surface area (Å²) in [5.41, 5.74) is 5.03. The van der Waals surface area contributed by atoms with Gasteiger partial charge in [0.25, 0.3) is 5.91 Å². The number of hydrogen-bond acceptors (Lipinski definition) is 3. The maximum Gasteiger partial charge on any atom is 0.269 e. The molecule has 26 heavy (non-hydrogen) atoms. The fraction of sp³-hybridized carbons (Fsp3) is 0.182. The van der Waals surface area contributed by atoms with Gasteiger partial charge in [-0.05, 0) is 42.2 Å². The largest absolute Gasteiger partial charge is 0.380 e. The number of carbonyl (C=O) groups is 1. The van der Waals surface area contributed by atoms with Crippen LogP contribution in [-0.2, 0) is 13.0 Å². The summed E-state index contributed by atoms with van der Waals surface area (Å²) in [6, 6.07) is 22.0. The third-order valence-corrected chi connectivity index (χ3v) is 4.28.